The number of benzene rings is 2. The lowest BCUT2D eigenvalue weighted by Crippen LogP contribution is -2.42. The van der Waals surface area contributed by atoms with Crippen molar-refractivity contribution in [3.63, 3.8) is 0 Å². The summed E-state index contributed by atoms with van der Waals surface area (Å²) in [6.07, 6.45) is 0.834. The molecular formula is C28H25N3O4S2. The number of thioether (sulfide) groups is 1. The van der Waals surface area contributed by atoms with Gasteiger partial charge in [-0.05, 0) is 48.8 Å². The topological polar surface area (TPSA) is 99.3 Å². The summed E-state index contributed by atoms with van der Waals surface area (Å²) in [6, 6.07) is 17.6. The van der Waals surface area contributed by atoms with E-state index in [4.69, 9.17) is 0 Å². The Bertz CT molecular complexity index is 1480. The molecule has 2 aliphatic heterocycles. The first-order chi connectivity index (χ1) is 17.9. The van der Waals surface area contributed by atoms with Crippen LogP contribution in [0.1, 0.15) is 28.3 Å². The maximum Gasteiger partial charge on any atom is 0.305 e. The predicted molar refractivity (Wildman–Crippen MR) is 141 cm³/mol. The van der Waals surface area contributed by atoms with Gasteiger partial charge in [0.05, 0.1) is 16.9 Å². The minimum atomic E-state index is -0.394. The molecule has 2 saturated carbocycles. The van der Waals surface area contributed by atoms with Gasteiger partial charge in [0, 0.05) is 21.7 Å². The molecule has 3 heterocycles. The van der Waals surface area contributed by atoms with E-state index in [2.05, 4.69) is 22.4 Å². The van der Waals surface area contributed by atoms with Gasteiger partial charge in [-0.2, -0.15) is 0 Å². The van der Waals surface area contributed by atoms with E-state index in [0.717, 1.165) is 27.5 Å². The summed E-state index contributed by atoms with van der Waals surface area (Å²) in [4.78, 5) is 57.5. The Hall–Kier alpha value is -3.17. The van der Waals surface area contributed by atoms with E-state index in [0.29, 0.717) is 5.69 Å². The van der Waals surface area contributed by atoms with Crippen LogP contribution in [0.2, 0.25) is 0 Å². The SMILES string of the molecule is Cc1ccc(NC(=O)CN2C(=O)[C@@H]3[C@H]4C[C@H]([C@H]5Sc6[nH]c(=O)sc6[C@@H](c6ccccc6)[C@H]45)[C@@H]3C2=O)cc1. The maximum absolute atomic E-state index is 13.7. The van der Waals surface area contributed by atoms with Gasteiger partial charge >= 0.3 is 4.87 Å². The summed E-state index contributed by atoms with van der Waals surface area (Å²) >= 11 is 2.93. The lowest BCUT2D eigenvalue weighted by molar-refractivity contribution is -0.143. The Morgan fingerprint density at radius 1 is 1.00 bits per heavy atom. The minimum Gasteiger partial charge on any atom is -0.325 e. The lowest BCUT2D eigenvalue weighted by Gasteiger charge is -2.43. The number of likely N-dealkylation sites (tertiary alicyclic amines) is 1. The maximum atomic E-state index is 13.7. The second kappa shape index (κ2) is 8.43. The third kappa shape index (κ3) is 3.47. The van der Waals surface area contributed by atoms with Crippen molar-refractivity contribution in [1.82, 2.24) is 9.88 Å². The molecule has 1 saturated heterocycles. The molecule has 9 heteroatoms. The van der Waals surface area contributed by atoms with Crippen LogP contribution < -0.4 is 10.2 Å². The van der Waals surface area contributed by atoms with E-state index < -0.39 is 5.92 Å². The van der Waals surface area contributed by atoms with Crippen LogP contribution in [0.3, 0.4) is 0 Å². The molecule has 7 nitrogen and oxygen atoms in total. The van der Waals surface area contributed by atoms with Gasteiger partial charge in [-0.15, -0.1) is 11.8 Å². The number of hydrogen-bond acceptors (Lipinski definition) is 6. The Balaban J connectivity index is 1.18. The average molecular weight is 532 g/mol. The van der Waals surface area contributed by atoms with Gasteiger partial charge in [-0.1, -0.05) is 59.4 Å². The number of aryl methyl sites for hydroxylation is 1. The fourth-order valence-electron chi connectivity index (χ4n) is 7.25. The first-order valence-electron chi connectivity index (χ1n) is 12.6. The predicted octanol–water partition coefficient (Wildman–Crippen LogP) is 3.86. The fourth-order valence-corrected chi connectivity index (χ4v) is 10.1. The number of fused-ring (bicyclic) bond motifs is 9. The fraction of sp³-hybridized carbons (Fsp3) is 0.357. The zero-order valence-corrected chi connectivity index (χ0v) is 21.7. The molecule has 0 spiro atoms. The number of nitrogens with zero attached hydrogens (tertiary/aromatic N) is 1. The number of thiazole rings is 1. The smallest absolute Gasteiger partial charge is 0.305 e. The van der Waals surface area contributed by atoms with Crippen LogP contribution in [0.4, 0.5) is 5.69 Å². The van der Waals surface area contributed by atoms with Gasteiger partial charge in [-0.25, -0.2) is 0 Å². The van der Waals surface area contributed by atoms with E-state index in [1.54, 1.807) is 11.8 Å². The molecule has 2 N–H and O–H groups in total. The normalized spacial score (nSPS) is 31.3. The number of rotatable bonds is 4. The molecule has 1 aromatic heterocycles. The number of anilines is 1. The highest BCUT2D eigenvalue weighted by Gasteiger charge is 2.69. The van der Waals surface area contributed by atoms with Crippen molar-refractivity contribution in [2.24, 2.45) is 29.6 Å². The highest BCUT2D eigenvalue weighted by Crippen LogP contribution is 2.68. The van der Waals surface area contributed by atoms with Crippen LogP contribution in [0.5, 0.6) is 0 Å². The Kier molecular flexibility index (Phi) is 5.23. The van der Waals surface area contributed by atoms with Crippen LogP contribution in [-0.4, -0.2) is 39.4 Å². The summed E-state index contributed by atoms with van der Waals surface area (Å²) in [5.74, 6) is -1.31. The summed E-state index contributed by atoms with van der Waals surface area (Å²) in [6.45, 7) is 1.71. The van der Waals surface area contributed by atoms with Crippen molar-refractivity contribution >= 4 is 46.5 Å². The molecule has 7 atom stereocenters. The van der Waals surface area contributed by atoms with Gasteiger partial charge in [0.2, 0.25) is 17.7 Å². The first kappa shape index (κ1) is 23.0. The number of H-pyrrole nitrogens is 1. The third-order valence-corrected chi connectivity index (χ3v) is 11.2. The second-order valence-corrected chi connectivity index (χ2v) is 12.8. The quantitative estimate of drug-likeness (QED) is 0.498. The van der Waals surface area contributed by atoms with Crippen molar-refractivity contribution in [1.29, 1.82) is 0 Å². The average Bonchev–Trinajstić information content (AvgIpc) is 3.62. The number of nitrogens with one attached hydrogen (secondary N) is 2. The van der Waals surface area contributed by atoms with Crippen LogP contribution in [0, 0.1) is 36.5 Å². The zero-order valence-electron chi connectivity index (χ0n) is 20.0. The van der Waals surface area contributed by atoms with Gasteiger partial charge in [0.15, 0.2) is 0 Å². The van der Waals surface area contributed by atoms with Crippen molar-refractivity contribution < 1.29 is 14.4 Å². The van der Waals surface area contributed by atoms with Crippen molar-refractivity contribution in [2.75, 3.05) is 11.9 Å². The molecule has 4 aliphatic rings. The highest BCUT2D eigenvalue weighted by atomic mass is 32.2. The van der Waals surface area contributed by atoms with E-state index in [1.807, 2.05) is 49.4 Å². The van der Waals surface area contributed by atoms with Gasteiger partial charge in [0.25, 0.3) is 0 Å². The van der Waals surface area contributed by atoms with Gasteiger partial charge < -0.3 is 10.3 Å². The molecule has 0 radical (unpaired) electrons. The largest absolute Gasteiger partial charge is 0.325 e. The number of hydrogen-bond donors (Lipinski definition) is 2. The van der Waals surface area contributed by atoms with E-state index in [-0.39, 0.29) is 64.0 Å². The molecule has 3 amide bonds. The number of carbonyl (C=O) groups excluding carboxylic acids is 3. The molecule has 0 unspecified atom stereocenters. The number of carbonyl (C=O) groups is 3. The molecule has 2 bridgehead atoms. The Morgan fingerprint density at radius 2 is 1.70 bits per heavy atom. The summed E-state index contributed by atoms with van der Waals surface area (Å²) in [5.41, 5.74) is 2.87. The molecule has 3 aromatic rings. The van der Waals surface area contributed by atoms with Gasteiger partial charge in [-0.3, -0.25) is 24.1 Å². The molecular weight excluding hydrogens is 506 g/mol. The molecule has 7 rings (SSSR count). The molecule has 2 aromatic carbocycles. The Morgan fingerprint density at radius 3 is 2.43 bits per heavy atom. The number of amides is 3. The van der Waals surface area contributed by atoms with Crippen LogP contribution in [0.25, 0.3) is 0 Å². The summed E-state index contributed by atoms with van der Waals surface area (Å²) < 4.78 is 0. The number of imide groups is 1. The summed E-state index contributed by atoms with van der Waals surface area (Å²) in [7, 11) is 0. The Labute approximate surface area is 221 Å². The van der Waals surface area contributed by atoms with E-state index in [9.17, 15) is 19.2 Å². The molecule has 188 valence electrons. The number of aromatic nitrogens is 1. The van der Waals surface area contributed by atoms with Crippen LogP contribution in [0.15, 0.2) is 64.4 Å². The highest BCUT2D eigenvalue weighted by molar-refractivity contribution is 8.00. The summed E-state index contributed by atoms with van der Waals surface area (Å²) in [5, 5.41) is 3.86. The standard InChI is InChI=1S/C28H25N3O4S2/c1-13-7-9-15(10-8-13)29-18(32)12-31-26(33)21-16-11-17(22(21)27(31)34)23-20(16)19(14-5-3-2-4-6-14)24-25(36-23)30-28(35)37-24/h2-10,16-17,19-23H,11-12H2,1H3,(H,29,32)(H,30,35)/t16-,17-,19-,20-,21+,22-,23+/m0/s1. The lowest BCUT2D eigenvalue weighted by atomic mass is 9.68. The first-order valence-corrected chi connectivity index (χ1v) is 14.3. The van der Waals surface area contributed by atoms with E-state index >= 15 is 0 Å². The van der Waals surface area contributed by atoms with Crippen molar-refractivity contribution in [2.45, 2.75) is 29.5 Å². The monoisotopic (exact) mass is 531 g/mol. The van der Waals surface area contributed by atoms with Crippen LogP contribution >= 0.6 is 23.1 Å². The van der Waals surface area contributed by atoms with Gasteiger partial charge in [0.1, 0.15) is 6.54 Å². The number of aromatic amines is 1. The molecule has 2 aliphatic carbocycles. The second-order valence-electron chi connectivity index (χ2n) is 10.5. The van der Waals surface area contributed by atoms with Crippen molar-refractivity contribution in [3.8, 4) is 0 Å². The van der Waals surface area contributed by atoms with E-state index in [1.165, 1.54) is 16.2 Å². The molecule has 37 heavy (non-hydrogen) atoms. The van der Waals surface area contributed by atoms with Crippen LogP contribution in [-0.2, 0) is 14.4 Å². The zero-order chi connectivity index (χ0) is 25.4. The molecule has 3 fully saturated rings. The van der Waals surface area contributed by atoms with Crippen molar-refractivity contribution in [3.05, 3.63) is 80.3 Å². The third-order valence-electron chi connectivity index (χ3n) is 8.61. The minimum absolute atomic E-state index is 0.0177.